The number of carbonyl (C=O) groups is 1. The van der Waals surface area contributed by atoms with Crippen LogP contribution in [0.5, 0.6) is 11.5 Å². The molecule has 0 radical (unpaired) electrons. The van der Waals surface area contributed by atoms with E-state index in [1.807, 2.05) is 78.9 Å². The summed E-state index contributed by atoms with van der Waals surface area (Å²) in [5.41, 5.74) is 2.84. The highest BCUT2D eigenvalue weighted by Gasteiger charge is 2.23. The molecule has 4 aromatic rings. The molecule has 0 spiro atoms. The summed E-state index contributed by atoms with van der Waals surface area (Å²) in [5.74, 6) is 1.39. The fraction of sp³-hybridized carbons (Fsp3) is 0.148. The number of rotatable bonds is 8. The zero-order valence-electron chi connectivity index (χ0n) is 18.0. The molecule has 0 saturated heterocycles. The van der Waals surface area contributed by atoms with Crippen molar-refractivity contribution in [2.24, 2.45) is 0 Å². The average molecular weight is 428 g/mol. The predicted molar refractivity (Wildman–Crippen MR) is 125 cm³/mol. The number of furan rings is 1. The molecular weight excluding hydrogens is 404 g/mol. The number of fused-ring (bicyclic) bond motifs is 1. The minimum atomic E-state index is -0.432. The Morgan fingerprint density at radius 1 is 0.969 bits per heavy atom. The van der Waals surface area contributed by atoms with Crippen molar-refractivity contribution in [3.63, 3.8) is 0 Å². The van der Waals surface area contributed by atoms with Crippen molar-refractivity contribution in [3.05, 3.63) is 90.0 Å². The topological polar surface area (TPSA) is 57.9 Å². The molecule has 0 N–H and O–H groups in total. The summed E-state index contributed by atoms with van der Waals surface area (Å²) in [4.78, 5) is 12.8. The van der Waals surface area contributed by atoms with Crippen LogP contribution in [0.2, 0.25) is 0 Å². The van der Waals surface area contributed by atoms with Crippen LogP contribution >= 0.6 is 0 Å². The van der Waals surface area contributed by atoms with Crippen LogP contribution in [0.4, 0.5) is 0 Å². The molecule has 0 fully saturated rings. The van der Waals surface area contributed by atoms with E-state index in [0.29, 0.717) is 34.6 Å². The third-order valence-corrected chi connectivity index (χ3v) is 4.95. The van der Waals surface area contributed by atoms with Crippen molar-refractivity contribution in [1.29, 1.82) is 0 Å². The number of esters is 1. The maximum Gasteiger partial charge on any atom is 0.342 e. The number of benzene rings is 3. The average Bonchev–Trinajstić information content (AvgIpc) is 3.21. The standard InChI is InChI=1S/C27H24O5/c1-3-30-27(28)25-23-18-22(31-17-7-10-19-8-5-4-6-9-19)15-16-24(23)32-26(25)20-11-13-21(29-2)14-12-20/h4-16,18H,3,17H2,1-2H3/b10-7+. The monoisotopic (exact) mass is 428 g/mol. The summed E-state index contributed by atoms with van der Waals surface area (Å²) in [7, 11) is 1.61. The third-order valence-electron chi connectivity index (χ3n) is 4.95. The second kappa shape index (κ2) is 9.88. The lowest BCUT2D eigenvalue weighted by atomic mass is 10.1. The van der Waals surface area contributed by atoms with Crippen LogP contribution < -0.4 is 9.47 Å². The Kier molecular flexibility index (Phi) is 6.56. The van der Waals surface area contributed by atoms with Crippen LogP contribution in [-0.2, 0) is 4.74 Å². The van der Waals surface area contributed by atoms with Crippen LogP contribution in [0, 0.1) is 0 Å². The van der Waals surface area contributed by atoms with Gasteiger partial charge in [0.05, 0.1) is 13.7 Å². The van der Waals surface area contributed by atoms with E-state index in [9.17, 15) is 4.79 Å². The molecule has 0 bridgehead atoms. The van der Waals surface area contributed by atoms with Gasteiger partial charge in [0.15, 0.2) is 0 Å². The van der Waals surface area contributed by atoms with E-state index in [1.54, 1.807) is 20.1 Å². The Hall–Kier alpha value is -3.99. The van der Waals surface area contributed by atoms with Gasteiger partial charge >= 0.3 is 5.97 Å². The summed E-state index contributed by atoms with van der Waals surface area (Å²) in [6, 6.07) is 22.8. The summed E-state index contributed by atoms with van der Waals surface area (Å²) < 4.78 is 22.5. The third kappa shape index (κ3) is 4.67. The van der Waals surface area contributed by atoms with E-state index in [4.69, 9.17) is 18.6 Å². The van der Waals surface area contributed by atoms with Crippen LogP contribution in [0.3, 0.4) is 0 Å². The van der Waals surface area contributed by atoms with Crippen molar-refractivity contribution >= 4 is 23.0 Å². The zero-order valence-corrected chi connectivity index (χ0v) is 18.0. The maximum atomic E-state index is 12.8. The Morgan fingerprint density at radius 3 is 2.44 bits per heavy atom. The van der Waals surface area contributed by atoms with Gasteiger partial charge < -0.3 is 18.6 Å². The first-order valence-electron chi connectivity index (χ1n) is 10.4. The molecule has 0 aliphatic heterocycles. The quantitative estimate of drug-likeness (QED) is 0.305. The summed E-state index contributed by atoms with van der Waals surface area (Å²) in [6.07, 6.45) is 3.95. The summed E-state index contributed by atoms with van der Waals surface area (Å²) in [6.45, 7) is 2.45. The molecule has 1 aromatic heterocycles. The molecule has 0 atom stereocenters. The van der Waals surface area contributed by atoms with Gasteiger partial charge in [-0.15, -0.1) is 0 Å². The second-order valence-corrected chi connectivity index (χ2v) is 7.04. The number of carbonyl (C=O) groups excluding carboxylic acids is 1. The van der Waals surface area contributed by atoms with Crippen molar-refractivity contribution < 1.29 is 23.4 Å². The fourth-order valence-electron chi connectivity index (χ4n) is 3.41. The fourth-order valence-corrected chi connectivity index (χ4v) is 3.41. The van der Waals surface area contributed by atoms with Crippen LogP contribution in [0.15, 0.2) is 83.3 Å². The molecule has 4 rings (SSSR count). The van der Waals surface area contributed by atoms with Gasteiger partial charge in [0.2, 0.25) is 0 Å². The summed E-state index contributed by atoms with van der Waals surface area (Å²) >= 11 is 0. The SMILES string of the molecule is CCOC(=O)c1c(-c2ccc(OC)cc2)oc2ccc(OC/C=C/c3ccccc3)cc12. The Labute approximate surface area is 186 Å². The molecule has 0 aliphatic carbocycles. The van der Waals surface area contributed by atoms with Crippen LogP contribution in [0.1, 0.15) is 22.8 Å². The Morgan fingerprint density at radius 2 is 1.72 bits per heavy atom. The van der Waals surface area contributed by atoms with E-state index >= 15 is 0 Å². The van der Waals surface area contributed by atoms with Crippen molar-refractivity contribution in [3.8, 4) is 22.8 Å². The molecule has 1 heterocycles. The first kappa shape index (κ1) is 21.2. The van der Waals surface area contributed by atoms with Crippen molar-refractivity contribution in [2.75, 3.05) is 20.3 Å². The van der Waals surface area contributed by atoms with Gasteiger partial charge in [-0.3, -0.25) is 0 Å². The normalized spacial score (nSPS) is 11.1. The highest BCUT2D eigenvalue weighted by Crippen LogP contribution is 2.36. The number of hydrogen-bond donors (Lipinski definition) is 0. The lowest BCUT2D eigenvalue weighted by Crippen LogP contribution is -2.05. The van der Waals surface area contributed by atoms with Gasteiger partial charge in [-0.1, -0.05) is 36.4 Å². The van der Waals surface area contributed by atoms with Crippen molar-refractivity contribution in [2.45, 2.75) is 6.92 Å². The van der Waals surface area contributed by atoms with E-state index in [0.717, 1.165) is 16.9 Å². The van der Waals surface area contributed by atoms with Crippen LogP contribution in [0.25, 0.3) is 28.4 Å². The lowest BCUT2D eigenvalue weighted by molar-refractivity contribution is 0.0528. The van der Waals surface area contributed by atoms with Gasteiger partial charge in [0.1, 0.15) is 35.0 Å². The van der Waals surface area contributed by atoms with Gasteiger partial charge in [0, 0.05) is 10.9 Å². The molecule has 0 amide bonds. The predicted octanol–water partition coefficient (Wildman–Crippen LogP) is 6.38. The largest absolute Gasteiger partial charge is 0.497 e. The van der Waals surface area contributed by atoms with Gasteiger partial charge in [-0.25, -0.2) is 4.79 Å². The molecule has 0 aliphatic rings. The van der Waals surface area contributed by atoms with E-state index in [1.165, 1.54) is 0 Å². The van der Waals surface area contributed by atoms with E-state index in [2.05, 4.69) is 0 Å². The molecule has 5 nitrogen and oxygen atoms in total. The van der Waals surface area contributed by atoms with E-state index < -0.39 is 5.97 Å². The first-order valence-corrected chi connectivity index (χ1v) is 10.4. The Bertz CT molecular complexity index is 1220. The molecule has 0 unspecified atom stereocenters. The van der Waals surface area contributed by atoms with Crippen LogP contribution in [-0.4, -0.2) is 26.3 Å². The number of methoxy groups -OCH3 is 1. The van der Waals surface area contributed by atoms with Gasteiger partial charge in [-0.05, 0) is 61.0 Å². The lowest BCUT2D eigenvalue weighted by Gasteiger charge is -2.05. The molecule has 3 aromatic carbocycles. The molecular formula is C27H24O5. The molecule has 32 heavy (non-hydrogen) atoms. The minimum absolute atomic E-state index is 0.272. The first-order chi connectivity index (χ1) is 15.7. The van der Waals surface area contributed by atoms with Gasteiger partial charge in [0.25, 0.3) is 0 Å². The molecule has 0 saturated carbocycles. The van der Waals surface area contributed by atoms with Gasteiger partial charge in [-0.2, -0.15) is 0 Å². The van der Waals surface area contributed by atoms with E-state index in [-0.39, 0.29) is 6.61 Å². The molecule has 5 heteroatoms. The maximum absolute atomic E-state index is 12.8. The Balaban J connectivity index is 1.64. The number of hydrogen-bond acceptors (Lipinski definition) is 5. The van der Waals surface area contributed by atoms with Crippen molar-refractivity contribution in [1.82, 2.24) is 0 Å². The zero-order chi connectivity index (χ0) is 22.3. The molecule has 162 valence electrons. The summed E-state index contributed by atoms with van der Waals surface area (Å²) in [5, 5.41) is 0.652. The highest BCUT2D eigenvalue weighted by atomic mass is 16.5. The number of ether oxygens (including phenoxy) is 3. The second-order valence-electron chi connectivity index (χ2n) is 7.04. The minimum Gasteiger partial charge on any atom is -0.497 e. The smallest absolute Gasteiger partial charge is 0.342 e. The highest BCUT2D eigenvalue weighted by molar-refractivity contribution is 6.09.